The topological polar surface area (TPSA) is 89.0 Å². The molecule has 0 spiro atoms. The number of allylic oxidation sites excluding steroid dienone is 1. The molecule has 1 N–H and O–H groups in total. The van der Waals surface area contributed by atoms with Crippen LogP contribution in [0.4, 0.5) is 32.0 Å². The third kappa shape index (κ3) is 6.48. The largest absolute Gasteiger partial charge is 0.508 e. The van der Waals surface area contributed by atoms with Crippen molar-refractivity contribution in [2.75, 3.05) is 25.2 Å². The van der Waals surface area contributed by atoms with Crippen molar-refractivity contribution >= 4 is 29.2 Å². The summed E-state index contributed by atoms with van der Waals surface area (Å²) in [6, 6.07) is 13.0. The highest BCUT2D eigenvalue weighted by molar-refractivity contribution is 6.22. The number of fused-ring (bicyclic) bond motifs is 3. The second kappa shape index (κ2) is 12.8. The maximum absolute atomic E-state index is 13.9. The molecule has 2 saturated heterocycles. The van der Waals surface area contributed by atoms with E-state index in [0.717, 1.165) is 16.7 Å². The van der Waals surface area contributed by atoms with Gasteiger partial charge in [-0.25, -0.2) is 4.90 Å². The highest BCUT2D eigenvalue weighted by Crippen LogP contribution is 2.51. The fraction of sp³-hybridized carbons (Fsp3) is 0.343. The van der Waals surface area contributed by atoms with Crippen molar-refractivity contribution in [1.82, 2.24) is 4.98 Å². The Morgan fingerprint density at radius 3 is 2.33 bits per heavy atom. The summed E-state index contributed by atoms with van der Waals surface area (Å²) in [6.45, 7) is 0.136. The number of aromatic hydroxyl groups is 1. The van der Waals surface area contributed by atoms with E-state index in [4.69, 9.17) is 9.47 Å². The Labute approximate surface area is 271 Å². The van der Waals surface area contributed by atoms with E-state index in [1.807, 2.05) is 24.3 Å². The van der Waals surface area contributed by atoms with E-state index in [1.54, 1.807) is 30.5 Å². The molecule has 2 aromatic carbocycles. The maximum atomic E-state index is 13.9. The normalized spacial score (nSPS) is 23.1. The highest BCUT2D eigenvalue weighted by Gasteiger charge is 2.57. The van der Waals surface area contributed by atoms with Crippen LogP contribution in [0.2, 0.25) is 0 Å². The van der Waals surface area contributed by atoms with Gasteiger partial charge in [-0.05, 0) is 90.1 Å². The quantitative estimate of drug-likeness (QED) is 0.153. The number of phenols is 1. The fourth-order valence-corrected chi connectivity index (χ4v) is 7.03. The lowest BCUT2D eigenvalue weighted by molar-refractivity contribution is -0.143. The maximum Gasteiger partial charge on any atom is 0.416 e. The van der Waals surface area contributed by atoms with Crippen molar-refractivity contribution in [2.45, 2.75) is 37.7 Å². The molecule has 252 valence electrons. The molecule has 0 unspecified atom stereocenters. The molecule has 48 heavy (non-hydrogen) atoms. The summed E-state index contributed by atoms with van der Waals surface area (Å²) in [4.78, 5) is 32.5. The molecule has 2 aliphatic heterocycles. The summed E-state index contributed by atoms with van der Waals surface area (Å²) in [5, 5.41) is 9.97. The number of alkyl halides is 6. The SMILES string of the molecule is COCC1=C2[C@@H](CC/C(=C/c3cccc(O)c3)c3ccccn3)OC[C@@H]2[C@@H]2C(=O)N(c3cc(C(F)(F)F)cc(C(F)(F)F)c3)C(=O)[C@@H]2C1. The van der Waals surface area contributed by atoms with Crippen LogP contribution in [0.25, 0.3) is 11.6 Å². The van der Waals surface area contributed by atoms with Gasteiger partial charge in [0.05, 0.1) is 53.7 Å². The Bertz CT molecular complexity index is 1750. The molecular formula is C35H30F6N2O5. The van der Waals surface area contributed by atoms with Crippen LogP contribution in [0, 0.1) is 17.8 Å². The minimum atomic E-state index is -5.15. The van der Waals surface area contributed by atoms with Gasteiger partial charge in [0.1, 0.15) is 5.75 Å². The van der Waals surface area contributed by atoms with Gasteiger partial charge in [0, 0.05) is 19.2 Å². The Morgan fingerprint density at radius 1 is 0.979 bits per heavy atom. The van der Waals surface area contributed by atoms with E-state index >= 15 is 0 Å². The molecule has 1 aliphatic carbocycles. The first-order chi connectivity index (χ1) is 22.8. The molecule has 3 aromatic rings. The zero-order valence-corrected chi connectivity index (χ0v) is 25.5. The fourth-order valence-electron chi connectivity index (χ4n) is 7.03. The van der Waals surface area contributed by atoms with Crippen LogP contribution < -0.4 is 4.90 Å². The summed E-state index contributed by atoms with van der Waals surface area (Å²) in [5.41, 5.74) is -0.231. The number of anilines is 1. The summed E-state index contributed by atoms with van der Waals surface area (Å²) in [5.74, 6) is -4.28. The highest BCUT2D eigenvalue weighted by atomic mass is 19.4. The van der Waals surface area contributed by atoms with Gasteiger partial charge >= 0.3 is 12.4 Å². The molecule has 7 nitrogen and oxygen atoms in total. The first-order valence-corrected chi connectivity index (χ1v) is 15.2. The summed E-state index contributed by atoms with van der Waals surface area (Å²) in [6.07, 6.45) is -6.29. The van der Waals surface area contributed by atoms with Crippen LogP contribution in [0.15, 0.2) is 78.0 Å². The molecule has 3 aliphatic rings. The molecule has 2 fully saturated rings. The van der Waals surface area contributed by atoms with Crippen molar-refractivity contribution in [3.63, 3.8) is 0 Å². The van der Waals surface area contributed by atoms with Gasteiger partial charge in [-0.15, -0.1) is 0 Å². The number of carbonyl (C=O) groups is 2. The van der Waals surface area contributed by atoms with Crippen molar-refractivity contribution in [3.05, 3.63) is 100 Å². The number of imide groups is 1. The molecule has 1 aromatic heterocycles. The zero-order valence-electron chi connectivity index (χ0n) is 25.5. The van der Waals surface area contributed by atoms with Gasteiger partial charge in [0.25, 0.3) is 0 Å². The molecule has 4 atom stereocenters. The van der Waals surface area contributed by atoms with Gasteiger partial charge in [-0.2, -0.15) is 26.3 Å². The second-order valence-electron chi connectivity index (χ2n) is 12.1. The molecule has 0 saturated carbocycles. The first-order valence-electron chi connectivity index (χ1n) is 15.2. The number of benzene rings is 2. The smallest absolute Gasteiger partial charge is 0.416 e. The van der Waals surface area contributed by atoms with Crippen LogP contribution in [-0.4, -0.2) is 48.3 Å². The molecule has 2 amide bonds. The number of hydrogen-bond acceptors (Lipinski definition) is 6. The third-order valence-corrected chi connectivity index (χ3v) is 9.04. The van der Waals surface area contributed by atoms with Gasteiger partial charge in [-0.1, -0.05) is 18.2 Å². The van der Waals surface area contributed by atoms with Gasteiger partial charge < -0.3 is 14.6 Å². The summed E-state index contributed by atoms with van der Waals surface area (Å²) < 4.78 is 93.4. The Kier molecular flexibility index (Phi) is 8.94. The molecule has 0 bridgehead atoms. The van der Waals surface area contributed by atoms with E-state index in [2.05, 4.69) is 4.98 Å². The van der Waals surface area contributed by atoms with Gasteiger partial charge in [0.2, 0.25) is 11.8 Å². The minimum absolute atomic E-state index is 0.0345. The Hall–Kier alpha value is -4.49. The Morgan fingerprint density at radius 2 is 1.71 bits per heavy atom. The molecule has 3 heterocycles. The van der Waals surface area contributed by atoms with E-state index < -0.39 is 64.8 Å². The van der Waals surface area contributed by atoms with Crippen LogP contribution in [0.1, 0.15) is 41.6 Å². The van der Waals surface area contributed by atoms with Crippen molar-refractivity contribution < 1.29 is 50.5 Å². The predicted octanol–water partition coefficient (Wildman–Crippen LogP) is 7.31. The number of pyridine rings is 1. The van der Waals surface area contributed by atoms with E-state index in [-0.39, 0.29) is 31.5 Å². The average molecular weight is 673 g/mol. The van der Waals surface area contributed by atoms with Crippen LogP contribution >= 0.6 is 0 Å². The number of halogens is 6. The second-order valence-corrected chi connectivity index (χ2v) is 12.1. The Balaban J connectivity index is 1.31. The van der Waals surface area contributed by atoms with Crippen molar-refractivity contribution in [1.29, 1.82) is 0 Å². The summed E-state index contributed by atoms with van der Waals surface area (Å²) in [7, 11) is 1.46. The number of rotatable bonds is 8. The number of phenolic OH excluding ortho intramolecular Hbond substituents is 1. The standard InChI is InChI=1S/C35H30F6N2O5/c1-47-17-21-13-26-31(33(46)43(32(26)45)24-15-22(34(36,37)38)14-23(16-24)35(39,40)41)27-18-48-29(30(21)27)9-8-20(28-7-2-3-10-42-28)11-19-5-4-6-25(44)12-19/h2-7,10-12,14-16,26-27,29,31,44H,8-9,13,17-18H2,1H3/b20-11-/t26-,27+,29-,31-/m1/s1. The van der Waals surface area contributed by atoms with E-state index in [0.29, 0.717) is 41.1 Å². The average Bonchev–Trinajstić information content (AvgIpc) is 3.57. The molecule has 0 radical (unpaired) electrons. The van der Waals surface area contributed by atoms with Crippen molar-refractivity contribution in [3.8, 4) is 5.75 Å². The molecular weight excluding hydrogens is 642 g/mol. The van der Waals surface area contributed by atoms with Gasteiger partial charge in [-0.3, -0.25) is 14.6 Å². The molecule has 13 heteroatoms. The first kappa shape index (κ1) is 33.4. The number of amides is 2. The van der Waals surface area contributed by atoms with E-state index in [9.17, 15) is 41.0 Å². The lowest BCUT2D eigenvalue weighted by Crippen LogP contribution is -2.35. The summed E-state index contributed by atoms with van der Waals surface area (Å²) >= 11 is 0. The van der Waals surface area contributed by atoms with Gasteiger partial charge in [0.15, 0.2) is 0 Å². The third-order valence-electron chi connectivity index (χ3n) is 9.04. The monoisotopic (exact) mass is 672 g/mol. The van der Waals surface area contributed by atoms with E-state index in [1.165, 1.54) is 7.11 Å². The van der Waals surface area contributed by atoms with Crippen LogP contribution in [-0.2, 0) is 31.4 Å². The van der Waals surface area contributed by atoms with Crippen molar-refractivity contribution in [2.24, 2.45) is 17.8 Å². The number of carbonyl (C=O) groups excluding carboxylic acids is 2. The van der Waals surface area contributed by atoms with Crippen LogP contribution in [0.5, 0.6) is 5.75 Å². The molecule has 6 rings (SSSR count). The zero-order chi connectivity index (χ0) is 34.4. The minimum Gasteiger partial charge on any atom is -0.508 e. The lowest BCUT2D eigenvalue weighted by atomic mass is 9.69. The number of hydrogen-bond donors (Lipinski definition) is 1. The number of nitrogens with zero attached hydrogens (tertiary/aromatic N) is 2. The predicted molar refractivity (Wildman–Crippen MR) is 162 cm³/mol. The number of aromatic nitrogens is 1. The van der Waals surface area contributed by atoms with Crippen LogP contribution in [0.3, 0.4) is 0 Å². The number of ether oxygens (including phenoxy) is 2. The number of methoxy groups -OCH3 is 1. The lowest BCUT2D eigenvalue weighted by Gasteiger charge is -2.31.